The van der Waals surface area contributed by atoms with Crippen LogP contribution >= 0.6 is 0 Å². The third kappa shape index (κ3) is 8.76. The zero-order valence-corrected chi connectivity index (χ0v) is 20.9. The van der Waals surface area contributed by atoms with E-state index in [1.54, 1.807) is 26.8 Å². The summed E-state index contributed by atoms with van der Waals surface area (Å²) in [4.78, 5) is 40.0. The van der Waals surface area contributed by atoms with Crippen LogP contribution in [0.3, 0.4) is 0 Å². The summed E-state index contributed by atoms with van der Waals surface area (Å²) >= 11 is 0. The zero-order valence-electron chi connectivity index (χ0n) is 20.9. The Hall–Kier alpha value is -3.08. The molecule has 0 saturated carbocycles. The largest absolute Gasteiger partial charge is 0.444 e. The normalized spacial score (nSPS) is 12.8. The van der Waals surface area contributed by atoms with Crippen LogP contribution in [0, 0.1) is 25.2 Å². The van der Waals surface area contributed by atoms with E-state index in [2.05, 4.69) is 17.6 Å². The lowest BCUT2D eigenvalue weighted by Crippen LogP contribution is -2.52. The molecule has 2 N–H and O–H groups in total. The van der Waals surface area contributed by atoms with Crippen molar-refractivity contribution in [3.8, 4) is 6.07 Å². The minimum atomic E-state index is -0.999. The second-order valence-corrected chi connectivity index (χ2v) is 9.18. The van der Waals surface area contributed by atoms with Crippen LogP contribution in [0.1, 0.15) is 76.6 Å². The second kappa shape index (κ2) is 12.8. The lowest BCUT2D eigenvalue weighted by molar-refractivity contribution is -0.141. The van der Waals surface area contributed by atoms with Crippen LogP contribution in [0.2, 0.25) is 0 Å². The maximum absolute atomic E-state index is 13.4. The van der Waals surface area contributed by atoms with Gasteiger partial charge in [0.1, 0.15) is 24.2 Å². The molecule has 0 fully saturated rings. The fraction of sp³-hybridized carbons (Fsp3) is 0.600. The molecule has 0 aliphatic rings. The van der Waals surface area contributed by atoms with Crippen molar-refractivity contribution in [1.82, 2.24) is 15.5 Å². The molecular formula is C25H38N4O4. The van der Waals surface area contributed by atoms with Gasteiger partial charge in [-0.05, 0) is 64.7 Å². The molecule has 2 atom stereocenters. The third-order valence-corrected chi connectivity index (χ3v) is 5.21. The van der Waals surface area contributed by atoms with Gasteiger partial charge in [0, 0.05) is 6.54 Å². The number of unbranched alkanes of at least 4 members (excludes halogenated alkanes) is 2. The summed E-state index contributed by atoms with van der Waals surface area (Å²) in [5, 5.41) is 14.9. The van der Waals surface area contributed by atoms with E-state index in [-0.39, 0.29) is 12.5 Å². The number of rotatable bonds is 10. The van der Waals surface area contributed by atoms with Crippen LogP contribution in [0.15, 0.2) is 18.2 Å². The smallest absolute Gasteiger partial charge is 0.408 e. The van der Waals surface area contributed by atoms with E-state index in [4.69, 9.17) is 4.74 Å². The molecule has 0 aromatic heterocycles. The minimum absolute atomic E-state index is 0.306. The predicted octanol–water partition coefficient (Wildman–Crippen LogP) is 3.92. The van der Waals surface area contributed by atoms with Gasteiger partial charge >= 0.3 is 6.09 Å². The van der Waals surface area contributed by atoms with Gasteiger partial charge in [-0.25, -0.2) is 4.79 Å². The lowest BCUT2D eigenvalue weighted by Gasteiger charge is -2.33. The van der Waals surface area contributed by atoms with Crippen LogP contribution < -0.4 is 10.6 Å². The van der Waals surface area contributed by atoms with E-state index in [9.17, 15) is 19.6 Å². The number of alkyl carbamates (subject to hydrolysis) is 1. The summed E-state index contributed by atoms with van der Waals surface area (Å²) in [5.41, 5.74) is 1.77. The molecular weight excluding hydrogens is 420 g/mol. The van der Waals surface area contributed by atoms with Crippen molar-refractivity contribution in [3.63, 3.8) is 0 Å². The Morgan fingerprint density at radius 2 is 1.85 bits per heavy atom. The third-order valence-electron chi connectivity index (χ3n) is 5.21. The van der Waals surface area contributed by atoms with Gasteiger partial charge in [-0.3, -0.25) is 9.59 Å². The van der Waals surface area contributed by atoms with Crippen molar-refractivity contribution in [2.24, 2.45) is 0 Å². The van der Waals surface area contributed by atoms with Gasteiger partial charge in [0.2, 0.25) is 11.8 Å². The molecule has 1 aromatic rings. The standard InChI is InChI=1S/C25H38N4O4/c1-8-9-10-15-27-22(30)21(20-13-11-12-17(2)18(20)3)29(16-14-26)23(31)19(4)28-24(32)33-25(5,6)7/h11-13,19,21H,8-10,15-16H2,1-7H3,(H,27,30)(H,28,32). The summed E-state index contributed by atoms with van der Waals surface area (Å²) in [6.45, 7) is 12.7. The molecule has 0 aliphatic carbocycles. The van der Waals surface area contributed by atoms with E-state index in [0.29, 0.717) is 12.1 Å². The number of carbonyl (C=O) groups excluding carboxylic acids is 3. The first-order valence-corrected chi connectivity index (χ1v) is 11.4. The first kappa shape index (κ1) is 28.0. The molecule has 3 amide bonds. The van der Waals surface area contributed by atoms with Crippen LogP contribution in [0.25, 0.3) is 0 Å². The second-order valence-electron chi connectivity index (χ2n) is 9.18. The number of nitriles is 1. The number of nitrogens with zero attached hydrogens (tertiary/aromatic N) is 2. The first-order valence-electron chi connectivity index (χ1n) is 11.4. The SMILES string of the molecule is CCCCCNC(=O)C(c1cccc(C)c1C)N(CC#N)C(=O)C(C)NC(=O)OC(C)(C)C. The van der Waals surface area contributed by atoms with Crippen LogP contribution in [0.4, 0.5) is 4.79 Å². The molecule has 1 rings (SSSR count). The van der Waals surface area contributed by atoms with E-state index >= 15 is 0 Å². The van der Waals surface area contributed by atoms with Crippen molar-refractivity contribution in [2.75, 3.05) is 13.1 Å². The number of nitrogens with one attached hydrogen (secondary N) is 2. The van der Waals surface area contributed by atoms with Gasteiger partial charge in [0.25, 0.3) is 0 Å². The molecule has 33 heavy (non-hydrogen) atoms. The van der Waals surface area contributed by atoms with E-state index in [1.807, 2.05) is 32.0 Å². The summed E-state index contributed by atoms with van der Waals surface area (Å²) in [6.07, 6.45) is 2.08. The minimum Gasteiger partial charge on any atom is -0.444 e. The monoisotopic (exact) mass is 458 g/mol. The van der Waals surface area contributed by atoms with Crippen molar-refractivity contribution in [2.45, 2.75) is 85.4 Å². The van der Waals surface area contributed by atoms with Gasteiger partial charge in [-0.1, -0.05) is 38.0 Å². The Labute approximate surface area is 197 Å². The van der Waals surface area contributed by atoms with Gasteiger partial charge in [-0.2, -0.15) is 5.26 Å². The van der Waals surface area contributed by atoms with Gasteiger partial charge < -0.3 is 20.3 Å². The summed E-state index contributed by atoms with van der Waals surface area (Å²) in [6, 6.07) is 5.55. The molecule has 0 heterocycles. The molecule has 2 unspecified atom stereocenters. The first-order chi connectivity index (χ1) is 15.4. The van der Waals surface area contributed by atoms with E-state index < -0.39 is 29.7 Å². The highest BCUT2D eigenvalue weighted by atomic mass is 16.6. The Morgan fingerprint density at radius 1 is 1.18 bits per heavy atom. The lowest BCUT2D eigenvalue weighted by atomic mass is 9.95. The molecule has 0 aliphatic heterocycles. The number of benzene rings is 1. The number of carbonyl (C=O) groups is 3. The molecule has 1 aromatic carbocycles. The number of hydrogen-bond acceptors (Lipinski definition) is 5. The van der Waals surface area contributed by atoms with Crippen LogP contribution in [0.5, 0.6) is 0 Å². The van der Waals surface area contributed by atoms with Gasteiger partial charge in [0.05, 0.1) is 6.07 Å². The van der Waals surface area contributed by atoms with Gasteiger partial charge in [0.15, 0.2) is 0 Å². The van der Waals surface area contributed by atoms with Crippen LogP contribution in [-0.2, 0) is 14.3 Å². The highest BCUT2D eigenvalue weighted by Gasteiger charge is 2.35. The van der Waals surface area contributed by atoms with Crippen molar-refractivity contribution in [3.05, 3.63) is 34.9 Å². The highest BCUT2D eigenvalue weighted by Crippen LogP contribution is 2.27. The van der Waals surface area contributed by atoms with E-state index in [1.165, 1.54) is 11.8 Å². The average molecular weight is 459 g/mol. The quantitative estimate of drug-likeness (QED) is 0.408. The number of hydrogen-bond donors (Lipinski definition) is 2. The van der Waals surface area contributed by atoms with Crippen molar-refractivity contribution >= 4 is 17.9 Å². The topological polar surface area (TPSA) is 112 Å². The highest BCUT2D eigenvalue weighted by molar-refractivity contribution is 5.92. The summed E-state index contributed by atoms with van der Waals surface area (Å²) in [5.74, 6) is -0.898. The maximum Gasteiger partial charge on any atom is 0.408 e. The number of ether oxygens (including phenoxy) is 1. The Kier molecular flexibility index (Phi) is 10.9. The number of amides is 3. The summed E-state index contributed by atoms with van der Waals surface area (Å²) in [7, 11) is 0. The fourth-order valence-corrected chi connectivity index (χ4v) is 3.37. The Morgan fingerprint density at radius 3 is 2.42 bits per heavy atom. The van der Waals surface area contributed by atoms with Crippen molar-refractivity contribution < 1.29 is 19.1 Å². The van der Waals surface area contributed by atoms with Gasteiger partial charge in [-0.15, -0.1) is 0 Å². The number of aryl methyl sites for hydroxylation is 1. The maximum atomic E-state index is 13.4. The predicted molar refractivity (Wildman–Crippen MR) is 127 cm³/mol. The van der Waals surface area contributed by atoms with E-state index in [0.717, 1.165) is 30.4 Å². The molecule has 8 nitrogen and oxygen atoms in total. The molecule has 0 saturated heterocycles. The molecule has 0 spiro atoms. The molecule has 8 heteroatoms. The average Bonchev–Trinajstić information content (AvgIpc) is 2.71. The Bertz CT molecular complexity index is 870. The molecule has 0 radical (unpaired) electrons. The zero-order chi connectivity index (χ0) is 25.2. The van der Waals surface area contributed by atoms with Crippen LogP contribution in [-0.4, -0.2) is 47.5 Å². The summed E-state index contributed by atoms with van der Waals surface area (Å²) < 4.78 is 5.24. The van der Waals surface area contributed by atoms with Crippen molar-refractivity contribution in [1.29, 1.82) is 5.26 Å². The molecule has 0 bridgehead atoms. The fourth-order valence-electron chi connectivity index (χ4n) is 3.37. The Balaban J connectivity index is 3.27. The molecule has 182 valence electrons.